The number of halogens is 1. The van der Waals surface area contributed by atoms with Crippen LogP contribution in [0.1, 0.15) is 37.4 Å². The van der Waals surface area contributed by atoms with E-state index >= 15 is 0 Å². The fourth-order valence-corrected chi connectivity index (χ4v) is 3.85. The number of Topliss-reactive ketones (excluding diaryl/α,β-unsaturated/α-hetero) is 1. The SMILES string of the molecule is COc1ccc(N2C(=O)C(O)=C(C(=O)CC(C)C)C2c2cccc(C)c2)cc1Cl. The smallest absolute Gasteiger partial charge is 0.294 e. The van der Waals surface area contributed by atoms with Crippen LogP contribution in [-0.4, -0.2) is 23.9 Å². The Kier molecular flexibility index (Phi) is 5.99. The van der Waals surface area contributed by atoms with E-state index in [-0.39, 0.29) is 23.7 Å². The number of methoxy groups -OCH3 is 1. The third kappa shape index (κ3) is 4.01. The maximum absolute atomic E-state index is 13.0. The predicted molar refractivity (Wildman–Crippen MR) is 114 cm³/mol. The van der Waals surface area contributed by atoms with Gasteiger partial charge in [-0.25, -0.2) is 0 Å². The summed E-state index contributed by atoms with van der Waals surface area (Å²) in [5.41, 5.74) is 2.35. The van der Waals surface area contributed by atoms with Gasteiger partial charge in [0.15, 0.2) is 11.5 Å². The van der Waals surface area contributed by atoms with Gasteiger partial charge in [0.25, 0.3) is 5.91 Å². The predicted octanol–water partition coefficient (Wildman–Crippen LogP) is 5.17. The molecule has 0 bridgehead atoms. The first kappa shape index (κ1) is 20.9. The van der Waals surface area contributed by atoms with Gasteiger partial charge in [-0.05, 0) is 36.6 Å². The summed E-state index contributed by atoms with van der Waals surface area (Å²) in [6.45, 7) is 5.79. The number of anilines is 1. The Bertz CT molecular complexity index is 996. The van der Waals surface area contributed by atoms with Gasteiger partial charge < -0.3 is 9.84 Å². The van der Waals surface area contributed by atoms with Crippen molar-refractivity contribution in [2.75, 3.05) is 12.0 Å². The van der Waals surface area contributed by atoms with Crippen molar-refractivity contribution in [3.05, 3.63) is 69.9 Å². The van der Waals surface area contributed by atoms with Gasteiger partial charge in [-0.2, -0.15) is 0 Å². The molecule has 0 radical (unpaired) electrons. The van der Waals surface area contributed by atoms with Gasteiger partial charge in [0.1, 0.15) is 5.75 Å². The van der Waals surface area contributed by atoms with Gasteiger partial charge >= 0.3 is 0 Å². The van der Waals surface area contributed by atoms with Crippen LogP contribution in [0, 0.1) is 12.8 Å². The Morgan fingerprint density at radius 2 is 1.97 bits per heavy atom. The van der Waals surface area contributed by atoms with Gasteiger partial charge in [-0.15, -0.1) is 0 Å². The molecule has 0 saturated heterocycles. The van der Waals surface area contributed by atoms with Crippen molar-refractivity contribution < 1.29 is 19.4 Å². The molecule has 1 N–H and O–H groups in total. The topological polar surface area (TPSA) is 66.8 Å². The minimum absolute atomic E-state index is 0.0977. The van der Waals surface area contributed by atoms with E-state index in [4.69, 9.17) is 16.3 Å². The molecule has 1 atom stereocenters. The number of amides is 1. The second kappa shape index (κ2) is 8.29. The number of hydrogen-bond acceptors (Lipinski definition) is 4. The number of ketones is 1. The highest BCUT2D eigenvalue weighted by Crippen LogP contribution is 2.43. The normalized spacial score (nSPS) is 16.7. The number of hydrogen-bond donors (Lipinski definition) is 1. The molecule has 29 heavy (non-hydrogen) atoms. The van der Waals surface area contributed by atoms with Crippen molar-refractivity contribution in [1.29, 1.82) is 0 Å². The van der Waals surface area contributed by atoms with Crippen LogP contribution in [0.5, 0.6) is 5.75 Å². The maximum Gasteiger partial charge on any atom is 0.294 e. The summed E-state index contributed by atoms with van der Waals surface area (Å²) >= 11 is 6.27. The van der Waals surface area contributed by atoms with Crippen LogP contribution in [0.25, 0.3) is 0 Å². The summed E-state index contributed by atoms with van der Waals surface area (Å²) in [7, 11) is 1.51. The highest BCUT2D eigenvalue weighted by molar-refractivity contribution is 6.32. The number of carbonyl (C=O) groups is 2. The second-order valence-corrected chi connectivity index (χ2v) is 8.00. The quantitative estimate of drug-likeness (QED) is 0.709. The zero-order chi connectivity index (χ0) is 21.3. The van der Waals surface area contributed by atoms with E-state index in [9.17, 15) is 14.7 Å². The minimum Gasteiger partial charge on any atom is -0.503 e. The van der Waals surface area contributed by atoms with E-state index in [1.165, 1.54) is 12.0 Å². The number of aliphatic hydroxyl groups is 1. The molecule has 3 rings (SSSR count). The average Bonchev–Trinajstić information content (AvgIpc) is 2.92. The summed E-state index contributed by atoms with van der Waals surface area (Å²) in [4.78, 5) is 27.4. The molecule has 0 saturated carbocycles. The third-order valence-corrected chi connectivity index (χ3v) is 5.17. The Labute approximate surface area is 175 Å². The van der Waals surface area contributed by atoms with Crippen LogP contribution in [0.15, 0.2) is 53.8 Å². The summed E-state index contributed by atoms with van der Waals surface area (Å²) in [5.74, 6) is -0.790. The molecular formula is C23H24ClNO4. The van der Waals surface area contributed by atoms with Crippen LogP contribution in [0.4, 0.5) is 5.69 Å². The molecule has 1 heterocycles. The standard InChI is InChI=1S/C23H24ClNO4/c1-13(2)10-18(26)20-21(15-7-5-6-14(3)11-15)25(23(28)22(20)27)16-8-9-19(29-4)17(24)12-16/h5-9,11-13,21,27H,10H2,1-4H3. The second-order valence-electron chi connectivity index (χ2n) is 7.59. The van der Waals surface area contributed by atoms with E-state index in [1.54, 1.807) is 18.2 Å². The van der Waals surface area contributed by atoms with Gasteiger partial charge in [0.05, 0.1) is 23.7 Å². The van der Waals surface area contributed by atoms with Crippen molar-refractivity contribution in [3.63, 3.8) is 0 Å². The summed E-state index contributed by atoms with van der Waals surface area (Å²) in [6.07, 6.45) is 0.242. The van der Waals surface area contributed by atoms with Crippen molar-refractivity contribution >= 4 is 29.0 Å². The molecule has 2 aromatic rings. The monoisotopic (exact) mass is 413 g/mol. The lowest BCUT2D eigenvalue weighted by Gasteiger charge is -2.27. The number of carbonyl (C=O) groups excluding carboxylic acids is 2. The number of aliphatic hydroxyl groups excluding tert-OH is 1. The molecule has 152 valence electrons. The Morgan fingerprint density at radius 3 is 2.55 bits per heavy atom. The van der Waals surface area contributed by atoms with Crippen molar-refractivity contribution in [2.45, 2.75) is 33.2 Å². The first-order valence-corrected chi connectivity index (χ1v) is 9.82. The molecule has 0 aliphatic carbocycles. The van der Waals surface area contributed by atoms with Crippen LogP contribution in [-0.2, 0) is 9.59 Å². The number of rotatable bonds is 6. The van der Waals surface area contributed by atoms with Crippen LogP contribution in [0.2, 0.25) is 5.02 Å². The van der Waals surface area contributed by atoms with Gasteiger partial charge in [-0.1, -0.05) is 55.3 Å². The molecule has 1 unspecified atom stereocenters. The van der Waals surface area contributed by atoms with E-state index < -0.39 is 17.7 Å². The van der Waals surface area contributed by atoms with Gasteiger partial charge in [-0.3, -0.25) is 14.5 Å². The van der Waals surface area contributed by atoms with Crippen LogP contribution >= 0.6 is 11.6 Å². The van der Waals surface area contributed by atoms with E-state index in [0.29, 0.717) is 16.5 Å². The molecule has 1 amide bonds. The fourth-order valence-electron chi connectivity index (χ4n) is 3.60. The molecular weight excluding hydrogens is 390 g/mol. The van der Waals surface area contributed by atoms with Crippen LogP contribution < -0.4 is 9.64 Å². The lowest BCUT2D eigenvalue weighted by molar-refractivity contribution is -0.118. The maximum atomic E-state index is 13.0. The first-order chi connectivity index (χ1) is 13.7. The molecule has 5 nitrogen and oxygen atoms in total. The number of nitrogens with zero attached hydrogens (tertiary/aromatic N) is 1. The molecule has 0 fully saturated rings. The lowest BCUT2D eigenvalue weighted by Crippen LogP contribution is -2.31. The van der Waals surface area contributed by atoms with Crippen molar-refractivity contribution in [1.82, 2.24) is 0 Å². The molecule has 0 aromatic heterocycles. The Morgan fingerprint density at radius 1 is 1.24 bits per heavy atom. The molecule has 1 aliphatic heterocycles. The summed E-state index contributed by atoms with van der Waals surface area (Å²) < 4.78 is 5.19. The molecule has 2 aromatic carbocycles. The van der Waals surface area contributed by atoms with E-state index in [1.807, 2.05) is 45.0 Å². The molecule has 0 spiro atoms. The highest BCUT2D eigenvalue weighted by atomic mass is 35.5. The zero-order valence-electron chi connectivity index (χ0n) is 16.9. The molecule has 1 aliphatic rings. The molecule has 6 heteroatoms. The van der Waals surface area contributed by atoms with Gasteiger partial charge in [0, 0.05) is 12.1 Å². The van der Waals surface area contributed by atoms with Crippen LogP contribution in [0.3, 0.4) is 0 Å². The van der Waals surface area contributed by atoms with Crippen molar-refractivity contribution in [2.24, 2.45) is 5.92 Å². The number of ether oxygens (including phenoxy) is 1. The first-order valence-electron chi connectivity index (χ1n) is 9.44. The lowest BCUT2D eigenvalue weighted by atomic mass is 9.91. The summed E-state index contributed by atoms with van der Waals surface area (Å²) in [6, 6.07) is 11.8. The highest BCUT2D eigenvalue weighted by Gasteiger charge is 2.44. The Hall–Kier alpha value is -2.79. The third-order valence-electron chi connectivity index (χ3n) is 4.87. The number of aryl methyl sites for hydroxylation is 1. The average molecular weight is 414 g/mol. The van der Waals surface area contributed by atoms with E-state index in [2.05, 4.69) is 0 Å². The summed E-state index contributed by atoms with van der Waals surface area (Å²) in [5, 5.41) is 11.0. The largest absolute Gasteiger partial charge is 0.503 e. The minimum atomic E-state index is -0.724. The van der Waals surface area contributed by atoms with E-state index in [0.717, 1.165) is 11.1 Å². The fraction of sp³-hybridized carbons (Fsp3) is 0.304. The van der Waals surface area contributed by atoms with Gasteiger partial charge in [0.2, 0.25) is 0 Å². The Balaban J connectivity index is 2.16. The zero-order valence-corrected chi connectivity index (χ0v) is 17.7. The number of benzene rings is 2. The van der Waals surface area contributed by atoms with Crippen molar-refractivity contribution in [3.8, 4) is 5.75 Å².